The summed E-state index contributed by atoms with van der Waals surface area (Å²) in [6, 6.07) is 32.8. The number of thioether (sulfide) groups is 1. The van der Waals surface area contributed by atoms with Gasteiger partial charge >= 0.3 is 6.18 Å². The first-order valence-corrected chi connectivity index (χ1v) is 20.6. The van der Waals surface area contributed by atoms with E-state index in [0.29, 0.717) is 55.7 Å². The normalized spacial score (nSPS) is 13.0. The predicted octanol–water partition coefficient (Wildman–Crippen LogP) is 7.79. The van der Waals surface area contributed by atoms with Gasteiger partial charge in [-0.25, -0.2) is 13.1 Å². The maximum absolute atomic E-state index is 14.0. The van der Waals surface area contributed by atoms with Crippen molar-refractivity contribution < 1.29 is 35.9 Å². The number of hydrogen-bond donors (Lipinski definition) is 2. The van der Waals surface area contributed by atoms with Gasteiger partial charge < -0.3 is 19.9 Å². The molecule has 0 saturated carbocycles. The number of amides is 2. The number of nitrogens with zero attached hydrogens (tertiary/aromatic N) is 2. The van der Waals surface area contributed by atoms with E-state index in [9.17, 15) is 31.2 Å². The molecule has 1 heterocycles. The van der Waals surface area contributed by atoms with Crippen LogP contribution in [0, 0.1) is 11.8 Å². The Bertz CT molecular complexity index is 2370. The lowest BCUT2D eigenvalue weighted by Gasteiger charge is -2.36. The first-order valence-electron chi connectivity index (χ1n) is 18.1. The molecule has 2 amide bonds. The number of alkyl halides is 3. The topological polar surface area (TPSA) is 108 Å². The van der Waals surface area contributed by atoms with Crippen LogP contribution >= 0.6 is 11.8 Å². The van der Waals surface area contributed by atoms with Gasteiger partial charge in [-0.15, -0.1) is 11.8 Å². The van der Waals surface area contributed by atoms with Crippen LogP contribution in [0.15, 0.2) is 131 Å². The second kappa shape index (κ2) is 18.4. The number of rotatable bonds is 12. The Hall–Kier alpha value is -5.91. The summed E-state index contributed by atoms with van der Waals surface area (Å²) in [4.78, 5) is 30.7. The molecule has 1 aliphatic rings. The number of sulfonamides is 1. The Labute approximate surface area is 334 Å². The zero-order valence-electron chi connectivity index (χ0n) is 30.9. The Kier molecular flexibility index (Phi) is 13.1. The SMILES string of the molecule is CCOc1cccc(C#Cc2ccccc2C(=O)N2CCN(c3ccc(C(=O)NS(=O)(=O)c4ccc(NCCSc5ccccc5)c(C(F)(F)F)c4)cc3)CC2)c1. The zero-order chi connectivity index (χ0) is 40.4. The van der Waals surface area contributed by atoms with Crippen molar-refractivity contribution in [3.05, 3.63) is 149 Å². The largest absolute Gasteiger partial charge is 0.494 e. The molecule has 1 fully saturated rings. The van der Waals surface area contributed by atoms with Gasteiger partial charge in [-0.05, 0) is 91.9 Å². The van der Waals surface area contributed by atoms with Crippen molar-refractivity contribution in [2.45, 2.75) is 22.9 Å². The van der Waals surface area contributed by atoms with Crippen LogP contribution < -0.4 is 19.7 Å². The summed E-state index contributed by atoms with van der Waals surface area (Å²) in [6.45, 7) is 4.52. The molecular formula is C43H39F3N4O5S2. The molecule has 9 nitrogen and oxygen atoms in total. The summed E-state index contributed by atoms with van der Waals surface area (Å²) in [5.74, 6) is 6.33. The number of ether oxygens (including phenoxy) is 1. The third-order valence-corrected chi connectivity index (χ3v) is 11.3. The van der Waals surface area contributed by atoms with Gasteiger partial charge in [0.2, 0.25) is 0 Å². The fraction of sp³-hybridized carbons (Fsp3) is 0.209. The molecule has 5 aromatic rings. The van der Waals surface area contributed by atoms with Gasteiger partial charge in [0.25, 0.3) is 21.8 Å². The summed E-state index contributed by atoms with van der Waals surface area (Å²) in [5, 5.41) is 2.74. The molecule has 0 spiro atoms. The first kappa shape index (κ1) is 40.7. The van der Waals surface area contributed by atoms with Crippen LogP contribution in [0.4, 0.5) is 24.5 Å². The Morgan fingerprint density at radius 3 is 2.26 bits per heavy atom. The fourth-order valence-corrected chi connectivity index (χ4v) is 7.89. The second-order valence-corrected chi connectivity index (χ2v) is 15.7. The maximum Gasteiger partial charge on any atom is 0.418 e. The molecule has 0 aliphatic carbocycles. The van der Waals surface area contributed by atoms with Crippen LogP contribution in [-0.4, -0.2) is 70.2 Å². The van der Waals surface area contributed by atoms with Crippen LogP contribution in [0.25, 0.3) is 0 Å². The lowest BCUT2D eigenvalue weighted by molar-refractivity contribution is -0.137. The van der Waals surface area contributed by atoms with E-state index < -0.39 is 32.6 Å². The van der Waals surface area contributed by atoms with Gasteiger partial charge in [0, 0.05) is 71.4 Å². The molecule has 0 atom stereocenters. The molecule has 6 rings (SSSR count). The molecule has 294 valence electrons. The van der Waals surface area contributed by atoms with Gasteiger partial charge in [0.05, 0.1) is 22.6 Å². The average Bonchev–Trinajstić information content (AvgIpc) is 3.22. The van der Waals surface area contributed by atoms with Gasteiger partial charge in [0.15, 0.2) is 0 Å². The van der Waals surface area contributed by atoms with Crippen molar-refractivity contribution in [1.29, 1.82) is 0 Å². The number of nitrogens with one attached hydrogen (secondary N) is 2. The van der Waals surface area contributed by atoms with Crippen molar-refractivity contribution in [2.75, 3.05) is 55.3 Å². The minimum Gasteiger partial charge on any atom is -0.494 e. The van der Waals surface area contributed by atoms with Crippen LogP contribution in [0.3, 0.4) is 0 Å². The number of carbonyl (C=O) groups excluding carboxylic acids is 2. The third-order valence-electron chi connectivity index (χ3n) is 8.97. The van der Waals surface area contributed by atoms with Crippen molar-refractivity contribution >= 4 is 45.0 Å². The minimum atomic E-state index is -4.85. The number of hydrogen-bond acceptors (Lipinski definition) is 8. The van der Waals surface area contributed by atoms with E-state index >= 15 is 0 Å². The highest BCUT2D eigenvalue weighted by atomic mass is 32.2. The summed E-state index contributed by atoms with van der Waals surface area (Å²) < 4.78 is 75.7. The van der Waals surface area contributed by atoms with Crippen molar-refractivity contribution in [3.8, 4) is 17.6 Å². The third kappa shape index (κ3) is 10.7. The van der Waals surface area contributed by atoms with Crippen LogP contribution in [0.5, 0.6) is 5.75 Å². The van der Waals surface area contributed by atoms with Crippen LogP contribution in [0.2, 0.25) is 0 Å². The Morgan fingerprint density at radius 1 is 0.825 bits per heavy atom. The molecule has 5 aromatic carbocycles. The molecule has 0 unspecified atom stereocenters. The number of benzene rings is 5. The molecule has 1 aliphatic heterocycles. The van der Waals surface area contributed by atoms with Crippen molar-refractivity contribution in [2.24, 2.45) is 0 Å². The minimum absolute atomic E-state index is 0.00344. The Morgan fingerprint density at radius 2 is 1.54 bits per heavy atom. The van der Waals surface area contributed by atoms with Gasteiger partial charge in [0.1, 0.15) is 5.75 Å². The number of anilines is 2. The zero-order valence-corrected chi connectivity index (χ0v) is 32.5. The van der Waals surface area contributed by atoms with Crippen molar-refractivity contribution in [1.82, 2.24) is 9.62 Å². The molecule has 1 saturated heterocycles. The molecule has 2 N–H and O–H groups in total. The monoisotopic (exact) mass is 812 g/mol. The molecular weight excluding hydrogens is 774 g/mol. The van der Waals surface area contributed by atoms with Crippen LogP contribution in [-0.2, 0) is 16.2 Å². The standard InChI is InChI=1S/C43H39F3N4O5S2/c1-2-55-35-11-8-9-31(29-35)15-16-32-10-6-7-14-38(32)42(52)50-26-24-49(25-27-50)34-19-17-33(18-20-34)41(51)48-57(53,54)37-21-22-40(39(30-37)43(44,45)46)47-23-28-56-36-12-4-3-5-13-36/h3-14,17-22,29-30,47H,2,23-28H2,1H3,(H,48,51). The van der Waals surface area contributed by atoms with E-state index in [0.717, 1.165) is 34.0 Å². The quantitative estimate of drug-likeness (QED) is 0.0748. The average molecular weight is 813 g/mol. The predicted molar refractivity (Wildman–Crippen MR) is 216 cm³/mol. The van der Waals surface area contributed by atoms with Crippen molar-refractivity contribution in [3.63, 3.8) is 0 Å². The second-order valence-electron chi connectivity index (χ2n) is 12.8. The first-order chi connectivity index (χ1) is 27.4. The van der Waals surface area contributed by atoms with E-state index in [1.807, 2.05) is 83.3 Å². The number of halogens is 3. The van der Waals surface area contributed by atoms with E-state index in [1.165, 1.54) is 23.9 Å². The smallest absolute Gasteiger partial charge is 0.418 e. The van der Waals surface area contributed by atoms with E-state index in [4.69, 9.17) is 4.74 Å². The van der Waals surface area contributed by atoms with E-state index in [1.54, 1.807) is 29.2 Å². The summed E-state index contributed by atoms with van der Waals surface area (Å²) in [6.07, 6.45) is -4.85. The highest BCUT2D eigenvalue weighted by Crippen LogP contribution is 2.36. The number of piperazine rings is 1. The highest BCUT2D eigenvalue weighted by molar-refractivity contribution is 7.99. The molecule has 14 heteroatoms. The fourth-order valence-electron chi connectivity index (χ4n) is 6.10. The summed E-state index contributed by atoms with van der Waals surface area (Å²) in [7, 11) is -4.65. The van der Waals surface area contributed by atoms with Crippen LogP contribution in [0.1, 0.15) is 44.3 Å². The lowest BCUT2D eigenvalue weighted by Crippen LogP contribution is -2.49. The van der Waals surface area contributed by atoms with Gasteiger partial charge in [-0.3, -0.25) is 9.59 Å². The number of carbonyl (C=O) groups is 2. The summed E-state index contributed by atoms with van der Waals surface area (Å²) in [5.41, 5.74) is 1.21. The molecule has 0 radical (unpaired) electrons. The molecule has 57 heavy (non-hydrogen) atoms. The summed E-state index contributed by atoms with van der Waals surface area (Å²) >= 11 is 1.47. The van der Waals surface area contributed by atoms with Gasteiger partial charge in [-0.2, -0.15) is 13.2 Å². The Balaban J connectivity index is 1.04. The van der Waals surface area contributed by atoms with E-state index in [-0.39, 0.29) is 23.7 Å². The van der Waals surface area contributed by atoms with E-state index in [2.05, 4.69) is 17.2 Å². The highest BCUT2D eigenvalue weighted by Gasteiger charge is 2.35. The molecule has 0 bridgehead atoms. The lowest BCUT2D eigenvalue weighted by atomic mass is 10.1. The van der Waals surface area contributed by atoms with Gasteiger partial charge in [-0.1, -0.05) is 48.2 Å². The molecule has 0 aromatic heterocycles. The maximum atomic E-state index is 14.0.